The van der Waals surface area contributed by atoms with Gasteiger partial charge in [-0.25, -0.2) is 8.42 Å². The van der Waals surface area contributed by atoms with E-state index >= 15 is 0 Å². The third-order valence-electron chi connectivity index (χ3n) is 5.29. The number of carbonyl (C=O) groups is 2. The minimum Gasteiger partial charge on any atom is -0.343 e. The van der Waals surface area contributed by atoms with Gasteiger partial charge < -0.3 is 10.2 Å². The molecule has 0 aliphatic carbocycles. The summed E-state index contributed by atoms with van der Waals surface area (Å²) in [6.07, 6.45) is 2.17. The largest absolute Gasteiger partial charge is 0.343 e. The molecular weight excluding hydrogens is 458 g/mol. The molecule has 2 aliphatic rings. The summed E-state index contributed by atoms with van der Waals surface area (Å²) in [4.78, 5) is 27.8. The third-order valence-corrected chi connectivity index (χ3v) is 8.14. The van der Waals surface area contributed by atoms with Crippen LogP contribution in [0.5, 0.6) is 0 Å². The molecule has 0 radical (unpaired) electrons. The number of halogens is 1. The van der Waals surface area contributed by atoms with E-state index < -0.39 is 15.9 Å². The molecule has 2 amide bonds. The second-order valence-electron chi connectivity index (χ2n) is 7.56. The van der Waals surface area contributed by atoms with E-state index in [2.05, 4.69) is 10.0 Å². The normalized spacial score (nSPS) is 18.8. The third kappa shape index (κ3) is 5.16. The van der Waals surface area contributed by atoms with Crippen LogP contribution in [0.4, 0.5) is 11.4 Å². The second kappa shape index (κ2) is 9.10. The number of fused-ring (bicyclic) bond motifs is 1. The van der Waals surface area contributed by atoms with E-state index in [-0.39, 0.29) is 23.1 Å². The van der Waals surface area contributed by atoms with Crippen LogP contribution in [0.3, 0.4) is 0 Å². The van der Waals surface area contributed by atoms with E-state index in [1.54, 1.807) is 24.3 Å². The lowest BCUT2D eigenvalue weighted by atomic mass is 10.1. The number of nitrogens with zero attached hydrogens (tertiary/aromatic N) is 1. The van der Waals surface area contributed by atoms with E-state index in [0.29, 0.717) is 22.2 Å². The van der Waals surface area contributed by atoms with Crippen molar-refractivity contribution in [3.05, 3.63) is 47.5 Å². The Hall–Kier alpha value is -2.23. The van der Waals surface area contributed by atoms with Crippen LogP contribution in [0.1, 0.15) is 19.3 Å². The van der Waals surface area contributed by atoms with Crippen molar-refractivity contribution in [1.29, 1.82) is 0 Å². The summed E-state index contributed by atoms with van der Waals surface area (Å²) in [5, 5.41) is 3.23. The van der Waals surface area contributed by atoms with Crippen molar-refractivity contribution in [3.63, 3.8) is 0 Å². The molecule has 2 aliphatic heterocycles. The summed E-state index contributed by atoms with van der Waals surface area (Å²) in [6.45, 7) is 1.50. The van der Waals surface area contributed by atoms with Crippen molar-refractivity contribution in [2.24, 2.45) is 5.92 Å². The minimum absolute atomic E-state index is 0.00167. The van der Waals surface area contributed by atoms with Gasteiger partial charge in [-0.3, -0.25) is 14.3 Å². The number of thioether (sulfide) groups is 1. The molecule has 1 saturated heterocycles. The molecule has 0 bridgehead atoms. The van der Waals surface area contributed by atoms with Crippen LogP contribution in [0, 0.1) is 5.92 Å². The highest BCUT2D eigenvalue weighted by Crippen LogP contribution is 2.35. The molecule has 7 nitrogen and oxygen atoms in total. The Kier molecular flexibility index (Phi) is 6.45. The maximum Gasteiger partial charge on any atom is 0.261 e. The fourth-order valence-electron chi connectivity index (χ4n) is 3.62. The zero-order valence-electron chi connectivity index (χ0n) is 16.6. The van der Waals surface area contributed by atoms with Crippen LogP contribution < -0.4 is 10.0 Å². The highest BCUT2D eigenvalue weighted by atomic mass is 35.5. The molecule has 0 unspecified atom stereocenters. The molecule has 10 heteroatoms. The van der Waals surface area contributed by atoms with E-state index in [1.807, 2.05) is 4.90 Å². The molecular formula is C21H22ClN3O4S2. The number of nitrogens with one attached hydrogen (secondary N) is 2. The molecule has 2 N–H and O–H groups in total. The fourth-order valence-corrected chi connectivity index (χ4v) is 5.97. The first-order valence-corrected chi connectivity index (χ1v) is 12.8. The zero-order valence-corrected chi connectivity index (χ0v) is 19.0. The van der Waals surface area contributed by atoms with Crippen LogP contribution >= 0.6 is 23.4 Å². The number of carbonyl (C=O) groups excluding carboxylic acids is 2. The van der Waals surface area contributed by atoms with Gasteiger partial charge in [-0.2, -0.15) is 0 Å². The molecule has 2 heterocycles. The summed E-state index contributed by atoms with van der Waals surface area (Å²) in [6, 6.07) is 11.0. The maximum atomic E-state index is 12.8. The van der Waals surface area contributed by atoms with Crippen molar-refractivity contribution in [1.82, 2.24) is 4.90 Å². The zero-order chi connectivity index (χ0) is 22.0. The number of amides is 2. The second-order valence-corrected chi connectivity index (χ2v) is 10.7. The first kappa shape index (κ1) is 22.0. The van der Waals surface area contributed by atoms with Crippen LogP contribution in [-0.2, 0) is 19.6 Å². The number of hydrogen-bond acceptors (Lipinski definition) is 5. The number of rotatable bonds is 5. The van der Waals surface area contributed by atoms with Gasteiger partial charge in [0.25, 0.3) is 10.0 Å². The van der Waals surface area contributed by atoms with Crippen molar-refractivity contribution in [2.45, 2.75) is 29.1 Å². The number of hydrogen-bond donors (Lipinski definition) is 2. The quantitative estimate of drug-likeness (QED) is 0.679. The number of anilines is 2. The maximum absolute atomic E-state index is 12.8. The Bertz CT molecular complexity index is 1120. The highest BCUT2D eigenvalue weighted by Gasteiger charge is 2.30. The SMILES string of the molecule is O=C1Nc2cc(S(=O)(=O)Nc3cccc(Cl)c3)ccc2SC[C@H]1CC(=O)N1CCCC1. The van der Waals surface area contributed by atoms with Crippen LogP contribution in [0.15, 0.2) is 52.3 Å². The minimum atomic E-state index is -3.87. The highest BCUT2D eigenvalue weighted by molar-refractivity contribution is 7.99. The number of likely N-dealkylation sites (tertiary alicyclic amines) is 1. The monoisotopic (exact) mass is 479 g/mol. The predicted octanol–water partition coefficient (Wildman–Crippen LogP) is 3.81. The van der Waals surface area contributed by atoms with Crippen molar-refractivity contribution in [3.8, 4) is 0 Å². The lowest BCUT2D eigenvalue weighted by molar-refractivity contribution is -0.133. The molecule has 2 aromatic carbocycles. The van der Waals surface area contributed by atoms with Crippen LogP contribution in [0.25, 0.3) is 0 Å². The van der Waals surface area contributed by atoms with Crippen molar-refractivity contribution < 1.29 is 18.0 Å². The predicted molar refractivity (Wildman–Crippen MR) is 122 cm³/mol. The van der Waals surface area contributed by atoms with Gasteiger partial charge in [0.2, 0.25) is 11.8 Å². The standard InChI is InChI=1S/C21H22ClN3O4S2/c22-15-4-3-5-16(11-15)24-31(28,29)17-6-7-19-18(12-17)23-21(27)14(13-30-19)10-20(26)25-8-1-2-9-25/h3-7,11-12,14,24H,1-2,8-10,13H2,(H,23,27)/t14-/m1/s1. The molecule has 31 heavy (non-hydrogen) atoms. The fraction of sp³-hybridized carbons (Fsp3) is 0.333. The van der Waals surface area contributed by atoms with Crippen LogP contribution in [0.2, 0.25) is 5.02 Å². The first-order valence-electron chi connectivity index (χ1n) is 9.96. The molecule has 4 rings (SSSR count). The van der Waals surface area contributed by atoms with Crippen LogP contribution in [-0.4, -0.2) is 44.0 Å². The average molecular weight is 480 g/mol. The lowest BCUT2D eigenvalue weighted by Gasteiger charge is -2.18. The lowest BCUT2D eigenvalue weighted by Crippen LogP contribution is -2.33. The molecule has 0 spiro atoms. The summed E-state index contributed by atoms with van der Waals surface area (Å²) >= 11 is 7.37. The van der Waals surface area contributed by atoms with Gasteiger partial charge in [-0.1, -0.05) is 17.7 Å². The number of benzene rings is 2. The summed E-state index contributed by atoms with van der Waals surface area (Å²) < 4.78 is 28.1. The smallest absolute Gasteiger partial charge is 0.261 e. The topological polar surface area (TPSA) is 95.6 Å². The summed E-state index contributed by atoms with van der Waals surface area (Å²) in [5.74, 6) is -0.268. The Balaban J connectivity index is 1.49. The molecule has 1 atom stereocenters. The van der Waals surface area contributed by atoms with Gasteiger partial charge in [-0.05, 0) is 49.2 Å². The van der Waals surface area contributed by atoms with Gasteiger partial charge in [0.1, 0.15) is 0 Å². The van der Waals surface area contributed by atoms with E-state index in [4.69, 9.17) is 11.6 Å². The molecule has 2 aromatic rings. The Labute approximate surface area is 190 Å². The summed E-state index contributed by atoms with van der Waals surface area (Å²) in [5.41, 5.74) is 0.779. The van der Waals surface area contributed by atoms with E-state index in [1.165, 1.54) is 30.0 Å². The first-order chi connectivity index (χ1) is 14.8. The molecule has 0 saturated carbocycles. The Morgan fingerprint density at radius 3 is 2.71 bits per heavy atom. The van der Waals surface area contributed by atoms with Crippen molar-refractivity contribution in [2.75, 3.05) is 28.9 Å². The van der Waals surface area contributed by atoms with Gasteiger partial charge in [0.15, 0.2) is 0 Å². The molecule has 0 aromatic heterocycles. The van der Waals surface area contributed by atoms with Gasteiger partial charge in [0, 0.05) is 35.2 Å². The molecule has 1 fully saturated rings. The van der Waals surface area contributed by atoms with Crippen molar-refractivity contribution >= 4 is 56.6 Å². The average Bonchev–Trinajstić information content (AvgIpc) is 3.21. The molecule has 164 valence electrons. The van der Waals surface area contributed by atoms with Gasteiger partial charge in [0.05, 0.1) is 22.2 Å². The Morgan fingerprint density at radius 1 is 1.19 bits per heavy atom. The summed E-state index contributed by atoms with van der Waals surface area (Å²) in [7, 11) is -3.87. The van der Waals surface area contributed by atoms with E-state index in [9.17, 15) is 18.0 Å². The van der Waals surface area contributed by atoms with Gasteiger partial charge in [-0.15, -0.1) is 11.8 Å². The van der Waals surface area contributed by atoms with E-state index in [0.717, 1.165) is 30.8 Å². The number of sulfonamides is 1. The Morgan fingerprint density at radius 2 is 1.97 bits per heavy atom. The van der Waals surface area contributed by atoms with Gasteiger partial charge >= 0.3 is 0 Å².